The summed E-state index contributed by atoms with van der Waals surface area (Å²) >= 11 is 0. The lowest BCUT2D eigenvalue weighted by atomic mass is 10.2. The maximum Gasteiger partial charge on any atom is 0.344 e. The van der Waals surface area contributed by atoms with E-state index in [1.165, 1.54) is 7.11 Å². The van der Waals surface area contributed by atoms with E-state index < -0.39 is 6.03 Å². The van der Waals surface area contributed by atoms with Crippen molar-refractivity contribution in [1.82, 2.24) is 10.5 Å². The minimum atomic E-state index is -0.430. The maximum atomic E-state index is 11.1. The van der Waals surface area contributed by atoms with Gasteiger partial charge in [0.1, 0.15) is 5.82 Å². The molecule has 0 spiro atoms. The zero-order valence-electron chi connectivity index (χ0n) is 10.2. The third kappa shape index (κ3) is 4.75. The highest BCUT2D eigenvalue weighted by Crippen LogP contribution is 2.11. The van der Waals surface area contributed by atoms with E-state index in [9.17, 15) is 4.79 Å². The lowest BCUT2D eigenvalue weighted by Crippen LogP contribution is -2.28. The van der Waals surface area contributed by atoms with Gasteiger partial charge in [-0.15, -0.1) is 0 Å². The van der Waals surface area contributed by atoms with Gasteiger partial charge in [-0.3, -0.25) is 10.2 Å². The number of amides is 2. The molecule has 5 nitrogen and oxygen atoms in total. The predicted octanol–water partition coefficient (Wildman–Crippen LogP) is 2.35. The Kier molecular flexibility index (Phi) is 7.79. The van der Waals surface area contributed by atoms with Gasteiger partial charge in [0, 0.05) is 6.20 Å². The van der Waals surface area contributed by atoms with Gasteiger partial charge in [0.05, 0.1) is 7.11 Å². The van der Waals surface area contributed by atoms with E-state index in [-0.39, 0.29) is 0 Å². The van der Waals surface area contributed by atoms with Gasteiger partial charge in [-0.05, 0) is 18.1 Å². The molecule has 2 N–H and O–H groups in total. The number of carbonyl (C=O) groups is 1. The first-order valence-corrected chi connectivity index (χ1v) is 5.31. The molecule has 1 heterocycles. The van der Waals surface area contributed by atoms with Crippen molar-refractivity contribution in [2.24, 2.45) is 0 Å². The largest absolute Gasteiger partial charge is 0.344 e. The first-order valence-electron chi connectivity index (χ1n) is 5.31. The topological polar surface area (TPSA) is 63.2 Å². The van der Waals surface area contributed by atoms with Crippen LogP contribution < -0.4 is 10.8 Å². The number of carbonyl (C=O) groups excluding carboxylic acids is 1. The molecule has 2 amide bonds. The summed E-state index contributed by atoms with van der Waals surface area (Å²) in [6.45, 7) is 6.00. The third-order valence-corrected chi connectivity index (χ3v) is 1.70. The Balaban J connectivity index is 0.00000106. The molecule has 1 rings (SSSR count). The van der Waals surface area contributed by atoms with Gasteiger partial charge in [-0.1, -0.05) is 26.8 Å². The van der Waals surface area contributed by atoms with Crippen molar-refractivity contribution in [3.8, 4) is 0 Å². The van der Waals surface area contributed by atoms with Crippen molar-refractivity contribution in [2.45, 2.75) is 27.2 Å². The summed E-state index contributed by atoms with van der Waals surface area (Å²) in [4.78, 5) is 19.6. The number of aryl methyl sites for hydroxylation is 1. The lowest BCUT2D eigenvalue weighted by molar-refractivity contribution is 0.114. The molecule has 0 aliphatic carbocycles. The molecule has 0 fully saturated rings. The van der Waals surface area contributed by atoms with Crippen molar-refractivity contribution < 1.29 is 9.63 Å². The van der Waals surface area contributed by atoms with Crippen LogP contribution in [0.25, 0.3) is 0 Å². The highest BCUT2D eigenvalue weighted by Gasteiger charge is 2.04. The van der Waals surface area contributed by atoms with E-state index in [0.717, 1.165) is 12.0 Å². The first-order chi connectivity index (χ1) is 7.77. The van der Waals surface area contributed by atoms with E-state index in [1.54, 1.807) is 6.20 Å². The number of hydrogen-bond acceptors (Lipinski definition) is 3. The maximum absolute atomic E-state index is 11.1. The van der Waals surface area contributed by atoms with Crippen LogP contribution in [0.4, 0.5) is 10.6 Å². The molecule has 0 aromatic carbocycles. The molecule has 0 atom stereocenters. The first kappa shape index (κ1) is 14.4. The average Bonchev–Trinajstić information content (AvgIpc) is 2.32. The number of aromatic nitrogens is 1. The van der Waals surface area contributed by atoms with Crippen molar-refractivity contribution in [1.29, 1.82) is 0 Å². The number of nitrogens with one attached hydrogen (secondary N) is 2. The standard InChI is InChI=1S/C9H13N3O2.C2H6/c1-3-7-5-4-6-10-8(7)11-9(13)12-14-2;1-2/h4-6H,3H2,1-2H3,(H2,10,11,12,13);1-2H3. The second-order valence-corrected chi connectivity index (χ2v) is 2.62. The number of nitrogens with zero attached hydrogens (tertiary/aromatic N) is 1. The van der Waals surface area contributed by atoms with Gasteiger partial charge in [0.2, 0.25) is 0 Å². The van der Waals surface area contributed by atoms with Gasteiger partial charge in [0.15, 0.2) is 0 Å². The number of rotatable bonds is 3. The summed E-state index contributed by atoms with van der Waals surface area (Å²) in [6, 6.07) is 3.31. The van der Waals surface area contributed by atoms with Crippen LogP contribution in [-0.2, 0) is 11.3 Å². The Morgan fingerprint density at radius 3 is 2.75 bits per heavy atom. The number of hydrogen-bond donors (Lipinski definition) is 2. The van der Waals surface area contributed by atoms with E-state index in [1.807, 2.05) is 32.9 Å². The zero-order valence-corrected chi connectivity index (χ0v) is 10.2. The number of anilines is 1. The minimum Gasteiger partial charge on any atom is -0.290 e. The second kappa shape index (κ2) is 8.67. The SMILES string of the molecule is CC.CCc1cccnc1NC(=O)NOC. The Morgan fingerprint density at radius 2 is 2.19 bits per heavy atom. The molecule has 16 heavy (non-hydrogen) atoms. The monoisotopic (exact) mass is 225 g/mol. The summed E-state index contributed by atoms with van der Waals surface area (Å²) in [5.41, 5.74) is 3.14. The summed E-state index contributed by atoms with van der Waals surface area (Å²) in [7, 11) is 1.37. The highest BCUT2D eigenvalue weighted by molar-refractivity contribution is 5.88. The van der Waals surface area contributed by atoms with Crippen LogP contribution in [0.1, 0.15) is 26.3 Å². The fourth-order valence-electron chi connectivity index (χ4n) is 1.06. The summed E-state index contributed by atoms with van der Waals surface area (Å²) in [5, 5.41) is 2.58. The molecule has 0 saturated heterocycles. The number of urea groups is 1. The van der Waals surface area contributed by atoms with Gasteiger partial charge in [0.25, 0.3) is 0 Å². The van der Waals surface area contributed by atoms with E-state index in [4.69, 9.17) is 0 Å². The Morgan fingerprint density at radius 1 is 1.50 bits per heavy atom. The molecule has 90 valence electrons. The normalized spacial score (nSPS) is 8.75. The highest BCUT2D eigenvalue weighted by atomic mass is 16.6. The van der Waals surface area contributed by atoms with Gasteiger partial charge < -0.3 is 0 Å². The molecule has 0 unspecified atom stereocenters. The van der Waals surface area contributed by atoms with Crippen LogP contribution in [-0.4, -0.2) is 18.1 Å². The summed E-state index contributed by atoms with van der Waals surface area (Å²) in [5.74, 6) is 0.560. The molecule has 0 radical (unpaired) electrons. The fraction of sp³-hybridized carbons (Fsp3) is 0.455. The van der Waals surface area contributed by atoms with Crippen LogP contribution in [0.2, 0.25) is 0 Å². The van der Waals surface area contributed by atoms with Crippen LogP contribution in [0, 0.1) is 0 Å². The quantitative estimate of drug-likeness (QED) is 0.776. The van der Waals surface area contributed by atoms with E-state index in [0.29, 0.717) is 5.82 Å². The van der Waals surface area contributed by atoms with Crippen molar-refractivity contribution in [2.75, 3.05) is 12.4 Å². The molecule has 0 bridgehead atoms. The Bertz CT molecular complexity index is 316. The molecule has 0 aliphatic heterocycles. The van der Waals surface area contributed by atoms with Crippen LogP contribution in [0.3, 0.4) is 0 Å². The van der Waals surface area contributed by atoms with Crippen molar-refractivity contribution >= 4 is 11.8 Å². The molecule has 1 aromatic rings. The van der Waals surface area contributed by atoms with E-state index in [2.05, 4.69) is 20.6 Å². The molecular formula is C11H19N3O2. The minimum absolute atomic E-state index is 0.430. The van der Waals surface area contributed by atoms with Gasteiger partial charge >= 0.3 is 6.03 Å². The lowest BCUT2D eigenvalue weighted by Gasteiger charge is -2.07. The molecule has 0 saturated carbocycles. The number of hydroxylamine groups is 1. The fourth-order valence-corrected chi connectivity index (χ4v) is 1.06. The van der Waals surface area contributed by atoms with Gasteiger partial charge in [-0.25, -0.2) is 15.3 Å². The Hall–Kier alpha value is -1.62. The van der Waals surface area contributed by atoms with Gasteiger partial charge in [-0.2, -0.15) is 0 Å². The Labute approximate surface area is 96.2 Å². The molecule has 0 aliphatic rings. The average molecular weight is 225 g/mol. The van der Waals surface area contributed by atoms with Crippen molar-refractivity contribution in [3.05, 3.63) is 23.9 Å². The zero-order chi connectivity index (χ0) is 12.4. The third-order valence-electron chi connectivity index (χ3n) is 1.70. The van der Waals surface area contributed by atoms with Crippen molar-refractivity contribution in [3.63, 3.8) is 0 Å². The predicted molar refractivity (Wildman–Crippen MR) is 64.1 cm³/mol. The van der Waals surface area contributed by atoms with Crippen LogP contribution in [0.15, 0.2) is 18.3 Å². The van der Waals surface area contributed by atoms with Crippen LogP contribution >= 0.6 is 0 Å². The smallest absolute Gasteiger partial charge is 0.290 e. The summed E-state index contributed by atoms with van der Waals surface area (Å²) < 4.78 is 0. The van der Waals surface area contributed by atoms with Crippen LogP contribution in [0.5, 0.6) is 0 Å². The molecule has 5 heteroatoms. The van der Waals surface area contributed by atoms with E-state index >= 15 is 0 Å². The molecular weight excluding hydrogens is 206 g/mol. The molecule has 1 aromatic heterocycles. The number of pyridine rings is 1. The second-order valence-electron chi connectivity index (χ2n) is 2.62. The summed E-state index contributed by atoms with van der Waals surface area (Å²) in [6.07, 6.45) is 2.44.